The monoisotopic (exact) mass is 383 g/mol. The van der Waals surface area contributed by atoms with Gasteiger partial charge in [0.25, 0.3) is 0 Å². The first-order valence-corrected chi connectivity index (χ1v) is 9.18. The van der Waals surface area contributed by atoms with E-state index in [-0.39, 0.29) is 5.41 Å². The zero-order chi connectivity index (χ0) is 15.8. The van der Waals surface area contributed by atoms with Crippen molar-refractivity contribution in [3.05, 3.63) is 62.8 Å². The fourth-order valence-electron chi connectivity index (χ4n) is 3.65. The quantitative estimate of drug-likeness (QED) is 0.333. The van der Waals surface area contributed by atoms with Crippen molar-refractivity contribution in [2.24, 2.45) is 0 Å². The van der Waals surface area contributed by atoms with Crippen molar-refractivity contribution in [3.8, 4) is 11.5 Å². The number of para-hydroxylation sites is 3. The van der Waals surface area contributed by atoms with Crippen LogP contribution < -0.4 is 9.64 Å². The van der Waals surface area contributed by atoms with Crippen molar-refractivity contribution < 1.29 is 4.74 Å². The van der Waals surface area contributed by atoms with E-state index >= 15 is 0 Å². The molecule has 0 radical (unpaired) electrons. The van der Waals surface area contributed by atoms with Crippen LogP contribution >= 0.6 is 27.3 Å². The third-order valence-corrected chi connectivity index (χ3v) is 6.66. The van der Waals surface area contributed by atoms with Gasteiger partial charge in [0, 0.05) is 10.3 Å². The summed E-state index contributed by atoms with van der Waals surface area (Å²) in [5, 5.41) is 0. The van der Waals surface area contributed by atoms with E-state index in [0.29, 0.717) is 0 Å². The predicted octanol–water partition coefficient (Wildman–Crippen LogP) is 6.73. The molecule has 2 aliphatic heterocycles. The highest BCUT2D eigenvalue weighted by Gasteiger charge is 2.42. The van der Waals surface area contributed by atoms with Gasteiger partial charge in [0.05, 0.1) is 20.8 Å². The highest BCUT2D eigenvalue weighted by Crippen LogP contribution is 2.61. The van der Waals surface area contributed by atoms with Gasteiger partial charge in [-0.1, -0.05) is 38.1 Å². The topological polar surface area (TPSA) is 12.5 Å². The maximum absolute atomic E-state index is 6.19. The fraction of sp³-hybridized carbons (Fsp3) is 0.158. The number of fused-ring (bicyclic) bond motifs is 4. The van der Waals surface area contributed by atoms with E-state index in [9.17, 15) is 0 Å². The number of rotatable bonds is 0. The molecule has 5 rings (SSSR count). The molecule has 0 saturated heterocycles. The molecule has 0 N–H and O–H groups in total. The highest BCUT2D eigenvalue weighted by atomic mass is 79.9. The molecule has 0 saturated carbocycles. The summed E-state index contributed by atoms with van der Waals surface area (Å²) in [6.45, 7) is 4.59. The van der Waals surface area contributed by atoms with E-state index in [2.05, 4.69) is 71.1 Å². The summed E-state index contributed by atoms with van der Waals surface area (Å²) in [6.07, 6.45) is 0. The average molecular weight is 384 g/mol. The summed E-state index contributed by atoms with van der Waals surface area (Å²) < 4.78 is 7.35. The minimum Gasteiger partial charge on any atom is -0.453 e. The van der Waals surface area contributed by atoms with Gasteiger partial charge in [0.1, 0.15) is 0 Å². The number of anilines is 3. The van der Waals surface area contributed by atoms with Crippen molar-refractivity contribution in [1.82, 2.24) is 0 Å². The van der Waals surface area contributed by atoms with Crippen LogP contribution in [0.3, 0.4) is 0 Å². The lowest BCUT2D eigenvalue weighted by molar-refractivity contribution is 0.472. The highest BCUT2D eigenvalue weighted by molar-refractivity contribution is 9.11. The largest absolute Gasteiger partial charge is 0.453 e. The fourth-order valence-corrected chi connectivity index (χ4v) is 5.33. The van der Waals surface area contributed by atoms with Gasteiger partial charge >= 0.3 is 0 Å². The average Bonchev–Trinajstić information content (AvgIpc) is 2.94. The smallest absolute Gasteiger partial charge is 0.151 e. The van der Waals surface area contributed by atoms with Gasteiger partial charge in [0.15, 0.2) is 11.5 Å². The number of benzene rings is 2. The number of thiophene rings is 1. The molecule has 114 valence electrons. The lowest BCUT2D eigenvalue weighted by atomic mass is 9.78. The minimum atomic E-state index is -0.0382. The van der Waals surface area contributed by atoms with Crippen LogP contribution in [0.4, 0.5) is 17.1 Å². The lowest BCUT2D eigenvalue weighted by Gasteiger charge is -2.43. The minimum absolute atomic E-state index is 0.0382. The van der Waals surface area contributed by atoms with Gasteiger partial charge in [0.2, 0.25) is 0 Å². The zero-order valence-electron chi connectivity index (χ0n) is 12.8. The second-order valence-corrected chi connectivity index (χ2v) is 8.88. The summed E-state index contributed by atoms with van der Waals surface area (Å²) >= 11 is 5.50. The molecule has 2 nitrogen and oxygen atoms in total. The Labute approximate surface area is 147 Å². The molecule has 0 fully saturated rings. The van der Waals surface area contributed by atoms with Crippen molar-refractivity contribution >= 4 is 44.3 Å². The third-order valence-electron chi connectivity index (χ3n) is 4.71. The molecule has 0 bridgehead atoms. The van der Waals surface area contributed by atoms with E-state index < -0.39 is 0 Å². The van der Waals surface area contributed by atoms with E-state index in [1.165, 1.54) is 21.8 Å². The number of hydrogen-bond acceptors (Lipinski definition) is 3. The summed E-state index contributed by atoms with van der Waals surface area (Å²) in [4.78, 5) is 3.73. The zero-order valence-corrected chi connectivity index (χ0v) is 15.2. The lowest BCUT2D eigenvalue weighted by Crippen LogP contribution is -2.30. The number of halogens is 1. The van der Waals surface area contributed by atoms with E-state index in [4.69, 9.17) is 4.74 Å². The Hall–Kier alpha value is -1.78. The summed E-state index contributed by atoms with van der Waals surface area (Å²) in [5.41, 5.74) is 4.81. The molecule has 0 spiro atoms. The van der Waals surface area contributed by atoms with E-state index in [1.54, 1.807) is 0 Å². The standard InChI is InChI=1S/C19H14BrNOS/c1-19(2)11-6-5-9-15-17(11)21(13-10-16(20)23-18(13)19)12-7-3-4-8-14(12)22-15/h3-10H,1-2H3. The van der Waals surface area contributed by atoms with Gasteiger partial charge in [-0.3, -0.25) is 0 Å². The van der Waals surface area contributed by atoms with Crippen LogP contribution in [0.25, 0.3) is 0 Å². The van der Waals surface area contributed by atoms with Crippen LogP contribution in [0.2, 0.25) is 0 Å². The van der Waals surface area contributed by atoms with Crippen LogP contribution in [0.5, 0.6) is 11.5 Å². The van der Waals surface area contributed by atoms with Gasteiger partial charge in [-0.2, -0.15) is 0 Å². The predicted molar refractivity (Wildman–Crippen MR) is 98.9 cm³/mol. The van der Waals surface area contributed by atoms with Crippen molar-refractivity contribution in [1.29, 1.82) is 0 Å². The first-order chi connectivity index (χ1) is 11.1. The third kappa shape index (κ3) is 1.68. The Kier molecular flexibility index (Phi) is 2.61. The second kappa shape index (κ2) is 4.40. The molecule has 3 heterocycles. The summed E-state index contributed by atoms with van der Waals surface area (Å²) in [6, 6.07) is 16.8. The molecular weight excluding hydrogens is 370 g/mol. The Bertz CT molecular complexity index is 960. The Morgan fingerprint density at radius 2 is 1.78 bits per heavy atom. The van der Waals surface area contributed by atoms with Crippen molar-refractivity contribution in [2.75, 3.05) is 4.90 Å². The molecule has 4 heteroatoms. The molecule has 3 aromatic rings. The molecule has 0 unspecified atom stereocenters. The SMILES string of the molecule is CC1(C)c2cccc3c2N(c2ccccc2O3)c2cc(Br)sc21. The summed E-state index contributed by atoms with van der Waals surface area (Å²) in [7, 11) is 0. The maximum atomic E-state index is 6.19. The van der Waals surface area contributed by atoms with E-state index in [1.807, 2.05) is 23.5 Å². The Balaban J connectivity index is 1.92. The van der Waals surface area contributed by atoms with Crippen molar-refractivity contribution in [2.45, 2.75) is 19.3 Å². The molecule has 23 heavy (non-hydrogen) atoms. The van der Waals surface area contributed by atoms with Crippen LogP contribution in [-0.4, -0.2) is 0 Å². The first-order valence-electron chi connectivity index (χ1n) is 7.58. The molecule has 0 aliphatic carbocycles. The Morgan fingerprint density at radius 1 is 1.00 bits per heavy atom. The molecular formula is C19H14BrNOS. The number of ether oxygens (including phenoxy) is 1. The van der Waals surface area contributed by atoms with Gasteiger partial charge < -0.3 is 9.64 Å². The second-order valence-electron chi connectivity index (χ2n) is 6.45. The number of hydrogen-bond donors (Lipinski definition) is 0. The van der Waals surface area contributed by atoms with Crippen LogP contribution in [-0.2, 0) is 5.41 Å². The molecule has 2 aromatic carbocycles. The van der Waals surface area contributed by atoms with Gasteiger partial charge in [-0.25, -0.2) is 0 Å². The Morgan fingerprint density at radius 3 is 2.65 bits per heavy atom. The first kappa shape index (κ1) is 13.6. The van der Waals surface area contributed by atoms with Crippen LogP contribution in [0.15, 0.2) is 52.3 Å². The molecule has 0 amide bonds. The molecule has 2 aliphatic rings. The van der Waals surface area contributed by atoms with Gasteiger partial charge in [-0.05, 0) is 45.8 Å². The van der Waals surface area contributed by atoms with Crippen LogP contribution in [0, 0.1) is 0 Å². The maximum Gasteiger partial charge on any atom is 0.151 e. The molecule has 0 atom stereocenters. The van der Waals surface area contributed by atoms with Gasteiger partial charge in [-0.15, -0.1) is 11.3 Å². The normalized spacial score (nSPS) is 16.2. The van der Waals surface area contributed by atoms with Crippen LogP contribution in [0.1, 0.15) is 24.3 Å². The van der Waals surface area contributed by atoms with E-state index in [0.717, 1.165) is 21.0 Å². The van der Waals surface area contributed by atoms with Crippen molar-refractivity contribution in [3.63, 3.8) is 0 Å². The molecule has 1 aromatic heterocycles. The summed E-state index contributed by atoms with van der Waals surface area (Å²) in [5.74, 6) is 1.84. The number of nitrogens with zero attached hydrogens (tertiary/aromatic N) is 1.